The van der Waals surface area contributed by atoms with Gasteiger partial charge in [0.25, 0.3) is 0 Å². The Morgan fingerprint density at radius 2 is 1.89 bits per heavy atom. The van der Waals surface area contributed by atoms with E-state index >= 15 is 0 Å². The third kappa shape index (κ3) is 3.23. The highest BCUT2D eigenvalue weighted by molar-refractivity contribution is 6.20. The van der Waals surface area contributed by atoms with E-state index in [1.807, 2.05) is 30.3 Å². The maximum absolute atomic E-state index is 13.1. The van der Waals surface area contributed by atoms with Crippen molar-refractivity contribution in [3.63, 3.8) is 0 Å². The molecule has 0 amide bonds. The van der Waals surface area contributed by atoms with Crippen LogP contribution in [0.4, 0.5) is 4.39 Å². The van der Waals surface area contributed by atoms with Crippen molar-refractivity contribution in [3.05, 3.63) is 65.5 Å². The van der Waals surface area contributed by atoms with Gasteiger partial charge in [0.2, 0.25) is 0 Å². The van der Waals surface area contributed by atoms with Crippen molar-refractivity contribution in [1.29, 1.82) is 0 Å². The summed E-state index contributed by atoms with van der Waals surface area (Å²) >= 11 is 6.29. The zero-order valence-electron chi connectivity index (χ0n) is 10.1. The molecule has 0 heterocycles. The predicted octanol–water partition coefficient (Wildman–Crippen LogP) is 4.36. The topological polar surface area (TPSA) is 9.23 Å². The van der Waals surface area contributed by atoms with Crippen LogP contribution in [0.3, 0.4) is 0 Å². The van der Waals surface area contributed by atoms with Crippen molar-refractivity contribution in [1.82, 2.24) is 0 Å². The van der Waals surface area contributed by atoms with Crippen LogP contribution in [-0.4, -0.2) is 7.11 Å². The average molecular weight is 265 g/mol. The van der Waals surface area contributed by atoms with Gasteiger partial charge in [-0.3, -0.25) is 0 Å². The largest absolute Gasteiger partial charge is 0.497 e. The number of hydrogen-bond donors (Lipinski definition) is 0. The Balaban J connectivity index is 2.08. The van der Waals surface area contributed by atoms with Crippen molar-refractivity contribution in [3.8, 4) is 5.75 Å². The maximum atomic E-state index is 13.1. The van der Waals surface area contributed by atoms with Gasteiger partial charge in [-0.1, -0.05) is 24.3 Å². The van der Waals surface area contributed by atoms with Crippen LogP contribution in [0.5, 0.6) is 5.75 Å². The molecule has 1 atom stereocenters. The molecule has 18 heavy (non-hydrogen) atoms. The van der Waals surface area contributed by atoms with Crippen LogP contribution in [0.1, 0.15) is 16.5 Å². The van der Waals surface area contributed by atoms with Crippen LogP contribution in [0, 0.1) is 5.82 Å². The Hall–Kier alpha value is -1.54. The first kappa shape index (κ1) is 12.9. The van der Waals surface area contributed by atoms with Crippen molar-refractivity contribution in [2.45, 2.75) is 11.8 Å². The fourth-order valence-corrected chi connectivity index (χ4v) is 2.10. The Morgan fingerprint density at radius 1 is 1.17 bits per heavy atom. The van der Waals surface area contributed by atoms with E-state index in [0.29, 0.717) is 6.42 Å². The number of rotatable bonds is 4. The molecule has 0 N–H and O–H groups in total. The zero-order chi connectivity index (χ0) is 13.0. The number of benzene rings is 2. The summed E-state index contributed by atoms with van der Waals surface area (Å²) in [6.45, 7) is 0. The summed E-state index contributed by atoms with van der Waals surface area (Å²) in [6, 6.07) is 14.1. The lowest BCUT2D eigenvalue weighted by Crippen LogP contribution is -1.96. The first-order chi connectivity index (χ1) is 8.69. The lowest BCUT2D eigenvalue weighted by Gasteiger charge is -2.10. The molecule has 0 aromatic heterocycles. The van der Waals surface area contributed by atoms with Gasteiger partial charge in [0, 0.05) is 0 Å². The van der Waals surface area contributed by atoms with Gasteiger partial charge in [0.1, 0.15) is 11.6 Å². The van der Waals surface area contributed by atoms with Crippen LogP contribution in [0.15, 0.2) is 48.5 Å². The van der Waals surface area contributed by atoms with Crippen molar-refractivity contribution in [2.75, 3.05) is 7.11 Å². The lowest BCUT2D eigenvalue weighted by molar-refractivity contribution is 0.414. The Morgan fingerprint density at radius 3 is 2.50 bits per heavy atom. The summed E-state index contributed by atoms with van der Waals surface area (Å²) in [7, 11) is 1.63. The fourth-order valence-electron chi connectivity index (χ4n) is 1.79. The van der Waals surface area contributed by atoms with E-state index < -0.39 is 0 Å². The van der Waals surface area contributed by atoms with E-state index in [9.17, 15) is 4.39 Å². The summed E-state index contributed by atoms with van der Waals surface area (Å²) < 4.78 is 18.2. The highest BCUT2D eigenvalue weighted by Crippen LogP contribution is 2.26. The first-order valence-electron chi connectivity index (χ1n) is 5.71. The maximum Gasteiger partial charge on any atom is 0.123 e. The van der Waals surface area contributed by atoms with Gasteiger partial charge < -0.3 is 4.74 Å². The Bertz CT molecular complexity index is 510. The minimum atomic E-state index is -0.257. The molecular weight excluding hydrogens is 251 g/mol. The molecule has 3 heteroatoms. The number of hydrogen-bond acceptors (Lipinski definition) is 1. The summed E-state index contributed by atoms with van der Waals surface area (Å²) in [5, 5.41) is -0.228. The quantitative estimate of drug-likeness (QED) is 0.746. The highest BCUT2D eigenvalue weighted by atomic mass is 35.5. The van der Waals surface area contributed by atoms with E-state index in [-0.39, 0.29) is 11.2 Å². The molecule has 1 nitrogen and oxygen atoms in total. The zero-order valence-corrected chi connectivity index (χ0v) is 10.8. The van der Waals surface area contributed by atoms with Gasteiger partial charge in [-0.05, 0) is 41.8 Å². The second kappa shape index (κ2) is 5.87. The van der Waals surface area contributed by atoms with E-state index in [4.69, 9.17) is 16.3 Å². The number of halogens is 2. The smallest absolute Gasteiger partial charge is 0.123 e. The standard InChI is InChI=1S/C15H14ClFO/c1-18-14-7-5-11(6-8-14)9-15(16)12-3-2-4-13(17)10-12/h2-8,10,15H,9H2,1H3. The summed E-state index contributed by atoms with van der Waals surface area (Å²) in [4.78, 5) is 0. The van der Waals surface area contributed by atoms with E-state index in [1.165, 1.54) is 12.1 Å². The van der Waals surface area contributed by atoms with Crippen LogP contribution >= 0.6 is 11.6 Å². The average Bonchev–Trinajstić information content (AvgIpc) is 2.39. The van der Waals surface area contributed by atoms with Gasteiger partial charge in [-0.25, -0.2) is 4.39 Å². The van der Waals surface area contributed by atoms with Gasteiger partial charge in [-0.2, -0.15) is 0 Å². The molecular formula is C15H14ClFO. The number of alkyl halides is 1. The van der Waals surface area contributed by atoms with Crippen LogP contribution in [-0.2, 0) is 6.42 Å². The Labute approximate surface area is 111 Å². The van der Waals surface area contributed by atoms with Crippen molar-refractivity contribution < 1.29 is 9.13 Å². The van der Waals surface area contributed by atoms with Gasteiger partial charge in [0.05, 0.1) is 12.5 Å². The second-order valence-corrected chi connectivity index (χ2v) is 4.60. The molecule has 2 aromatic carbocycles. The van der Waals surface area contributed by atoms with Gasteiger partial charge >= 0.3 is 0 Å². The van der Waals surface area contributed by atoms with Crippen LogP contribution in [0.25, 0.3) is 0 Å². The first-order valence-corrected chi connectivity index (χ1v) is 6.15. The molecule has 1 unspecified atom stereocenters. The molecule has 2 rings (SSSR count). The normalized spacial score (nSPS) is 12.2. The molecule has 0 aliphatic heterocycles. The monoisotopic (exact) mass is 264 g/mol. The van der Waals surface area contributed by atoms with Crippen molar-refractivity contribution in [2.24, 2.45) is 0 Å². The molecule has 94 valence electrons. The summed E-state index contributed by atoms with van der Waals surface area (Å²) in [5.74, 6) is 0.559. The SMILES string of the molecule is COc1ccc(CC(Cl)c2cccc(F)c2)cc1. The third-order valence-electron chi connectivity index (χ3n) is 2.78. The number of ether oxygens (including phenoxy) is 1. The number of methoxy groups -OCH3 is 1. The third-order valence-corrected chi connectivity index (χ3v) is 3.19. The molecule has 0 fully saturated rings. The molecule has 0 saturated heterocycles. The fraction of sp³-hybridized carbons (Fsp3) is 0.200. The molecule has 0 aliphatic carbocycles. The van der Waals surface area contributed by atoms with Gasteiger partial charge in [0.15, 0.2) is 0 Å². The van der Waals surface area contributed by atoms with Crippen molar-refractivity contribution >= 4 is 11.6 Å². The minimum Gasteiger partial charge on any atom is -0.497 e. The van der Waals surface area contributed by atoms with E-state index in [1.54, 1.807) is 13.2 Å². The molecule has 0 saturated carbocycles. The van der Waals surface area contributed by atoms with Crippen LogP contribution in [0.2, 0.25) is 0 Å². The summed E-state index contributed by atoms with van der Waals surface area (Å²) in [6.07, 6.45) is 0.662. The van der Waals surface area contributed by atoms with Gasteiger partial charge in [-0.15, -0.1) is 11.6 Å². The predicted molar refractivity (Wildman–Crippen MR) is 71.7 cm³/mol. The lowest BCUT2D eigenvalue weighted by atomic mass is 10.0. The molecule has 0 aliphatic rings. The second-order valence-electron chi connectivity index (χ2n) is 4.07. The van der Waals surface area contributed by atoms with E-state index in [0.717, 1.165) is 16.9 Å². The summed E-state index contributed by atoms with van der Waals surface area (Å²) in [5.41, 5.74) is 1.90. The minimum absolute atomic E-state index is 0.228. The molecule has 0 bridgehead atoms. The van der Waals surface area contributed by atoms with E-state index in [2.05, 4.69) is 0 Å². The highest BCUT2D eigenvalue weighted by Gasteiger charge is 2.09. The molecule has 0 spiro atoms. The van der Waals surface area contributed by atoms with Crippen LogP contribution < -0.4 is 4.74 Å². The molecule has 0 radical (unpaired) electrons. The molecule has 2 aromatic rings. The Kier molecular flexibility index (Phi) is 4.21.